The number of sulfone groups is 1. The zero-order chi connectivity index (χ0) is 12.5. The zero-order valence-corrected chi connectivity index (χ0v) is 11.6. The Morgan fingerprint density at radius 1 is 1.29 bits per heavy atom. The third-order valence-electron chi connectivity index (χ3n) is 2.41. The van der Waals surface area contributed by atoms with Crippen molar-refractivity contribution in [3.63, 3.8) is 0 Å². The number of halogens is 1. The van der Waals surface area contributed by atoms with E-state index in [0.717, 1.165) is 11.1 Å². The van der Waals surface area contributed by atoms with Gasteiger partial charge in [-0.3, -0.25) is 0 Å². The van der Waals surface area contributed by atoms with Gasteiger partial charge in [0.15, 0.2) is 9.84 Å². The molecule has 0 N–H and O–H groups in total. The van der Waals surface area contributed by atoms with Crippen molar-refractivity contribution in [3.05, 3.63) is 51.2 Å². The fourth-order valence-corrected chi connectivity index (χ4v) is 4.24. The van der Waals surface area contributed by atoms with Crippen LogP contribution in [0.2, 0.25) is 4.34 Å². The van der Waals surface area contributed by atoms with Crippen LogP contribution < -0.4 is 0 Å². The molecule has 0 fully saturated rings. The largest absolute Gasteiger partial charge is 0.223 e. The van der Waals surface area contributed by atoms with Gasteiger partial charge < -0.3 is 0 Å². The van der Waals surface area contributed by atoms with E-state index in [1.807, 2.05) is 6.07 Å². The maximum absolute atomic E-state index is 12.2. The molecule has 0 spiro atoms. The molecule has 2 nitrogen and oxygen atoms in total. The number of aryl methyl sites for hydroxylation is 1. The van der Waals surface area contributed by atoms with Crippen LogP contribution in [0.15, 0.2) is 40.6 Å². The van der Waals surface area contributed by atoms with E-state index >= 15 is 0 Å². The second-order valence-corrected chi connectivity index (χ2v) is 7.28. The average Bonchev–Trinajstić information content (AvgIpc) is 2.63. The summed E-state index contributed by atoms with van der Waals surface area (Å²) in [6.45, 7) is 1.80. The summed E-state index contributed by atoms with van der Waals surface area (Å²) in [4.78, 5) is 0.391. The number of benzene rings is 1. The van der Waals surface area contributed by atoms with Crippen LogP contribution in [-0.4, -0.2) is 8.42 Å². The Balaban J connectivity index is 2.35. The van der Waals surface area contributed by atoms with Crippen LogP contribution in [0.25, 0.3) is 0 Å². The Morgan fingerprint density at radius 3 is 2.59 bits per heavy atom. The minimum atomic E-state index is -3.28. The number of rotatable bonds is 3. The monoisotopic (exact) mass is 286 g/mol. The van der Waals surface area contributed by atoms with Gasteiger partial charge in [-0.1, -0.05) is 29.8 Å². The molecule has 0 unspecified atom stereocenters. The molecule has 0 amide bonds. The van der Waals surface area contributed by atoms with Gasteiger partial charge in [0.2, 0.25) is 0 Å². The van der Waals surface area contributed by atoms with E-state index in [2.05, 4.69) is 0 Å². The van der Waals surface area contributed by atoms with E-state index in [9.17, 15) is 8.42 Å². The molecule has 1 aromatic carbocycles. The fraction of sp³-hybridized carbons (Fsp3) is 0.167. The highest BCUT2D eigenvalue weighted by Crippen LogP contribution is 2.25. The van der Waals surface area contributed by atoms with E-state index < -0.39 is 9.84 Å². The predicted molar refractivity (Wildman–Crippen MR) is 71.4 cm³/mol. The molecule has 2 aromatic rings. The number of hydrogen-bond acceptors (Lipinski definition) is 3. The van der Waals surface area contributed by atoms with Crippen molar-refractivity contribution in [1.82, 2.24) is 0 Å². The van der Waals surface area contributed by atoms with Gasteiger partial charge >= 0.3 is 0 Å². The SMILES string of the molecule is Cc1ccccc1S(=O)(=O)Cc1csc(Cl)c1. The van der Waals surface area contributed by atoms with Crippen LogP contribution in [0.1, 0.15) is 11.1 Å². The average molecular weight is 287 g/mol. The number of hydrogen-bond donors (Lipinski definition) is 0. The van der Waals surface area contributed by atoms with E-state index in [1.165, 1.54) is 11.3 Å². The number of thiophene rings is 1. The topological polar surface area (TPSA) is 34.1 Å². The summed E-state index contributed by atoms with van der Waals surface area (Å²) in [5.74, 6) is 0.00106. The molecule has 1 heterocycles. The van der Waals surface area contributed by atoms with Crippen molar-refractivity contribution in [2.75, 3.05) is 0 Å². The Hall–Kier alpha value is -0.840. The van der Waals surface area contributed by atoms with Crippen molar-refractivity contribution in [3.8, 4) is 0 Å². The maximum atomic E-state index is 12.2. The van der Waals surface area contributed by atoms with Crippen LogP contribution in [-0.2, 0) is 15.6 Å². The normalized spacial score (nSPS) is 11.6. The molecule has 0 saturated heterocycles. The van der Waals surface area contributed by atoms with E-state index in [4.69, 9.17) is 11.6 Å². The van der Waals surface area contributed by atoms with Crippen molar-refractivity contribution in [2.45, 2.75) is 17.6 Å². The van der Waals surface area contributed by atoms with Gasteiger partial charge in [-0.15, -0.1) is 11.3 Å². The molecular weight excluding hydrogens is 276 g/mol. The summed E-state index contributed by atoms with van der Waals surface area (Å²) < 4.78 is 25.0. The second-order valence-electron chi connectivity index (χ2n) is 3.78. The molecule has 0 radical (unpaired) electrons. The van der Waals surface area contributed by atoms with Crippen molar-refractivity contribution >= 4 is 32.8 Å². The van der Waals surface area contributed by atoms with Gasteiger partial charge in [-0.25, -0.2) is 8.42 Å². The summed E-state index contributed by atoms with van der Waals surface area (Å²) in [5, 5.41) is 1.78. The minimum absolute atomic E-state index is 0.00106. The summed E-state index contributed by atoms with van der Waals surface area (Å²) in [5.41, 5.74) is 1.51. The summed E-state index contributed by atoms with van der Waals surface area (Å²) in [7, 11) is -3.28. The van der Waals surface area contributed by atoms with Gasteiger partial charge in [-0.05, 0) is 35.6 Å². The first-order valence-corrected chi connectivity index (χ1v) is 7.91. The molecular formula is C12H11ClO2S2. The molecule has 0 bridgehead atoms. The Bertz CT molecular complexity index is 629. The van der Waals surface area contributed by atoms with Crippen molar-refractivity contribution in [1.29, 1.82) is 0 Å². The second kappa shape index (κ2) is 4.80. The smallest absolute Gasteiger partial charge is 0.182 e. The molecule has 90 valence electrons. The standard InChI is InChI=1S/C12H11ClO2S2/c1-9-4-2-3-5-11(9)17(14,15)8-10-6-12(13)16-7-10/h2-7H,8H2,1H3. The lowest BCUT2D eigenvalue weighted by molar-refractivity contribution is 0.595. The zero-order valence-electron chi connectivity index (χ0n) is 9.18. The summed E-state index contributed by atoms with van der Waals surface area (Å²) in [6.07, 6.45) is 0. The highest BCUT2D eigenvalue weighted by Gasteiger charge is 2.17. The predicted octanol–water partition coefficient (Wildman–Crippen LogP) is 3.68. The molecule has 5 heteroatoms. The first kappa shape index (κ1) is 12.6. The quantitative estimate of drug-likeness (QED) is 0.862. The molecule has 2 rings (SSSR count). The molecule has 0 atom stereocenters. The lowest BCUT2D eigenvalue weighted by Crippen LogP contribution is -2.05. The fourth-order valence-electron chi connectivity index (χ4n) is 1.62. The van der Waals surface area contributed by atoms with E-state index in [-0.39, 0.29) is 5.75 Å². The lowest BCUT2D eigenvalue weighted by Gasteiger charge is -2.06. The first-order chi connectivity index (χ1) is 7.99. The molecule has 0 aliphatic carbocycles. The van der Waals surface area contributed by atoms with E-state index in [1.54, 1.807) is 36.6 Å². The third kappa shape index (κ3) is 2.89. The van der Waals surface area contributed by atoms with Gasteiger partial charge in [0.25, 0.3) is 0 Å². The maximum Gasteiger partial charge on any atom is 0.182 e. The summed E-state index contributed by atoms with van der Waals surface area (Å²) in [6, 6.07) is 8.70. The Morgan fingerprint density at radius 2 is 2.00 bits per heavy atom. The molecule has 0 saturated carbocycles. The van der Waals surface area contributed by atoms with E-state index in [0.29, 0.717) is 9.23 Å². The highest BCUT2D eigenvalue weighted by molar-refractivity contribution is 7.90. The Labute approximate surface area is 110 Å². The Kier molecular flexibility index (Phi) is 3.56. The highest BCUT2D eigenvalue weighted by atomic mass is 35.5. The van der Waals surface area contributed by atoms with Crippen molar-refractivity contribution < 1.29 is 8.42 Å². The molecule has 0 aliphatic rings. The van der Waals surface area contributed by atoms with Gasteiger partial charge in [0.1, 0.15) is 0 Å². The van der Waals surface area contributed by atoms with Gasteiger partial charge in [0, 0.05) is 0 Å². The van der Waals surface area contributed by atoms with Crippen LogP contribution in [0.5, 0.6) is 0 Å². The van der Waals surface area contributed by atoms with Crippen LogP contribution in [0.4, 0.5) is 0 Å². The van der Waals surface area contributed by atoms with Crippen LogP contribution in [0, 0.1) is 6.92 Å². The summed E-state index contributed by atoms with van der Waals surface area (Å²) >= 11 is 7.14. The molecule has 0 aliphatic heterocycles. The van der Waals surface area contributed by atoms with Gasteiger partial charge in [-0.2, -0.15) is 0 Å². The van der Waals surface area contributed by atoms with Gasteiger partial charge in [0.05, 0.1) is 15.0 Å². The molecule has 17 heavy (non-hydrogen) atoms. The van der Waals surface area contributed by atoms with Crippen LogP contribution >= 0.6 is 22.9 Å². The van der Waals surface area contributed by atoms with Crippen molar-refractivity contribution in [2.24, 2.45) is 0 Å². The first-order valence-electron chi connectivity index (χ1n) is 5.00. The van der Waals surface area contributed by atoms with Crippen LogP contribution in [0.3, 0.4) is 0 Å². The minimum Gasteiger partial charge on any atom is -0.223 e. The lowest BCUT2D eigenvalue weighted by atomic mass is 10.2. The third-order valence-corrected chi connectivity index (χ3v) is 5.39. The molecule has 1 aromatic heterocycles.